The van der Waals surface area contributed by atoms with Crippen molar-refractivity contribution in [2.75, 3.05) is 6.54 Å². The monoisotopic (exact) mass is 327 g/mol. The first-order valence-corrected chi connectivity index (χ1v) is 8.28. The quantitative estimate of drug-likeness (QED) is 0.916. The molecule has 1 atom stereocenters. The van der Waals surface area contributed by atoms with Crippen LogP contribution < -0.4 is 0 Å². The lowest BCUT2D eigenvalue weighted by atomic mass is 9.97. The fourth-order valence-electron chi connectivity index (χ4n) is 3.18. The molecule has 1 aliphatic heterocycles. The maximum atomic E-state index is 12.8. The zero-order chi connectivity index (χ0) is 16.9. The smallest absolute Gasteiger partial charge is 0.303 e. The number of para-hydroxylation sites is 1. The number of aromatic nitrogens is 2. The number of aliphatic carboxylic acids is 1. The molecule has 1 amide bonds. The summed E-state index contributed by atoms with van der Waals surface area (Å²) in [5.74, 6) is -0.878. The van der Waals surface area contributed by atoms with Crippen LogP contribution in [0.15, 0.2) is 42.7 Å². The van der Waals surface area contributed by atoms with Crippen LogP contribution in [-0.4, -0.2) is 44.3 Å². The average molecular weight is 327 g/mol. The van der Waals surface area contributed by atoms with Crippen LogP contribution in [0.25, 0.3) is 5.69 Å². The molecule has 1 N–H and O–H groups in total. The molecule has 1 aliphatic rings. The summed E-state index contributed by atoms with van der Waals surface area (Å²) < 4.78 is 1.68. The maximum absolute atomic E-state index is 12.8. The van der Waals surface area contributed by atoms with E-state index in [-0.39, 0.29) is 18.4 Å². The van der Waals surface area contributed by atoms with Crippen LogP contribution in [0.1, 0.15) is 42.5 Å². The van der Waals surface area contributed by atoms with Crippen molar-refractivity contribution in [1.29, 1.82) is 0 Å². The van der Waals surface area contributed by atoms with Crippen molar-refractivity contribution in [2.45, 2.75) is 38.1 Å². The van der Waals surface area contributed by atoms with Gasteiger partial charge in [-0.2, -0.15) is 5.10 Å². The molecule has 0 saturated carbocycles. The Kier molecular flexibility index (Phi) is 4.93. The van der Waals surface area contributed by atoms with E-state index in [1.165, 1.54) is 0 Å². The van der Waals surface area contributed by atoms with Gasteiger partial charge in [0.1, 0.15) is 0 Å². The Hall–Kier alpha value is -2.63. The number of hydrogen-bond acceptors (Lipinski definition) is 3. The fourth-order valence-corrected chi connectivity index (χ4v) is 3.18. The highest BCUT2D eigenvalue weighted by molar-refractivity contribution is 5.94. The molecule has 6 heteroatoms. The largest absolute Gasteiger partial charge is 0.481 e. The zero-order valence-electron chi connectivity index (χ0n) is 13.5. The minimum atomic E-state index is -0.815. The predicted octanol–water partition coefficient (Wildman–Crippen LogP) is 2.73. The summed E-state index contributed by atoms with van der Waals surface area (Å²) >= 11 is 0. The van der Waals surface area contributed by atoms with Gasteiger partial charge in [0, 0.05) is 25.2 Å². The average Bonchev–Trinajstić information content (AvgIpc) is 3.10. The number of piperidine rings is 1. The number of nitrogens with zero attached hydrogens (tertiary/aromatic N) is 3. The molecule has 0 radical (unpaired) electrons. The first-order chi connectivity index (χ1) is 11.6. The lowest BCUT2D eigenvalue weighted by molar-refractivity contribution is -0.137. The number of carboxylic acids is 1. The predicted molar refractivity (Wildman–Crippen MR) is 89.1 cm³/mol. The van der Waals surface area contributed by atoms with Crippen LogP contribution in [0, 0.1) is 0 Å². The van der Waals surface area contributed by atoms with Crippen molar-refractivity contribution in [1.82, 2.24) is 14.7 Å². The number of amides is 1. The van der Waals surface area contributed by atoms with Gasteiger partial charge >= 0.3 is 5.97 Å². The molecule has 1 unspecified atom stereocenters. The van der Waals surface area contributed by atoms with Gasteiger partial charge in [-0.25, -0.2) is 4.68 Å². The number of rotatable bonds is 5. The molecule has 1 aromatic heterocycles. The normalized spacial score (nSPS) is 17.7. The molecule has 0 aliphatic carbocycles. The second-order valence-electron chi connectivity index (χ2n) is 6.09. The summed E-state index contributed by atoms with van der Waals surface area (Å²) in [6.45, 7) is 0.680. The summed E-state index contributed by atoms with van der Waals surface area (Å²) in [6, 6.07) is 9.63. The Morgan fingerprint density at radius 2 is 2.00 bits per heavy atom. The fraction of sp³-hybridized carbons (Fsp3) is 0.389. The van der Waals surface area contributed by atoms with Gasteiger partial charge in [-0.1, -0.05) is 18.2 Å². The third-order valence-electron chi connectivity index (χ3n) is 4.43. The van der Waals surface area contributed by atoms with Gasteiger partial charge in [0.25, 0.3) is 5.91 Å². The lowest BCUT2D eigenvalue weighted by Gasteiger charge is -2.35. The second-order valence-corrected chi connectivity index (χ2v) is 6.09. The highest BCUT2D eigenvalue weighted by Crippen LogP contribution is 2.23. The second kappa shape index (κ2) is 7.29. The molecule has 0 bridgehead atoms. The molecule has 24 heavy (non-hydrogen) atoms. The Morgan fingerprint density at radius 3 is 2.75 bits per heavy atom. The topological polar surface area (TPSA) is 75.4 Å². The van der Waals surface area contributed by atoms with Gasteiger partial charge in [-0.05, 0) is 37.8 Å². The molecule has 0 spiro atoms. The number of hydrogen-bond donors (Lipinski definition) is 1. The molecule has 2 aromatic rings. The molecular weight excluding hydrogens is 306 g/mol. The highest BCUT2D eigenvalue weighted by atomic mass is 16.4. The molecule has 126 valence electrons. The standard InChI is InChI=1S/C18H21N3O3/c22-17(23)10-9-15-6-4-5-11-20(15)18(24)14-12-19-21(13-14)16-7-2-1-3-8-16/h1-3,7-8,12-13,15H,4-6,9-11H2,(H,22,23). The minimum Gasteiger partial charge on any atom is -0.481 e. The molecule has 6 nitrogen and oxygen atoms in total. The SMILES string of the molecule is O=C(O)CCC1CCCCN1C(=O)c1cnn(-c2ccccc2)c1. The van der Waals surface area contributed by atoms with E-state index < -0.39 is 5.97 Å². The number of carboxylic acid groups (broad SMARTS) is 1. The molecular formula is C18H21N3O3. The molecule has 1 aromatic carbocycles. The molecule has 3 rings (SSSR count). The first kappa shape index (κ1) is 16.2. The van der Waals surface area contributed by atoms with Crippen molar-refractivity contribution >= 4 is 11.9 Å². The van der Waals surface area contributed by atoms with Gasteiger partial charge in [-0.15, -0.1) is 0 Å². The van der Waals surface area contributed by atoms with Gasteiger partial charge in [0.2, 0.25) is 0 Å². The first-order valence-electron chi connectivity index (χ1n) is 8.28. The molecule has 2 heterocycles. The number of benzene rings is 1. The van der Waals surface area contributed by atoms with Gasteiger partial charge < -0.3 is 10.0 Å². The van der Waals surface area contributed by atoms with Crippen LogP contribution in [0.2, 0.25) is 0 Å². The lowest BCUT2D eigenvalue weighted by Crippen LogP contribution is -2.43. The summed E-state index contributed by atoms with van der Waals surface area (Å²) in [5.41, 5.74) is 1.44. The third-order valence-corrected chi connectivity index (χ3v) is 4.43. The van der Waals surface area contributed by atoms with Gasteiger partial charge in [0.15, 0.2) is 0 Å². The van der Waals surface area contributed by atoms with Crippen molar-refractivity contribution in [3.8, 4) is 5.69 Å². The Morgan fingerprint density at radius 1 is 1.21 bits per heavy atom. The maximum Gasteiger partial charge on any atom is 0.303 e. The van der Waals surface area contributed by atoms with E-state index in [1.807, 2.05) is 35.2 Å². The van der Waals surface area contributed by atoms with E-state index in [1.54, 1.807) is 17.1 Å². The Bertz CT molecular complexity index is 711. The van der Waals surface area contributed by atoms with Crippen LogP contribution in [0.5, 0.6) is 0 Å². The van der Waals surface area contributed by atoms with E-state index in [4.69, 9.17) is 5.11 Å². The van der Waals surface area contributed by atoms with Crippen LogP contribution in [-0.2, 0) is 4.79 Å². The summed E-state index contributed by atoms with van der Waals surface area (Å²) in [5, 5.41) is 13.2. The zero-order valence-corrected chi connectivity index (χ0v) is 13.5. The van der Waals surface area contributed by atoms with Gasteiger partial charge in [-0.3, -0.25) is 9.59 Å². The van der Waals surface area contributed by atoms with Crippen LogP contribution >= 0.6 is 0 Å². The van der Waals surface area contributed by atoms with Crippen LogP contribution in [0.4, 0.5) is 0 Å². The van der Waals surface area contributed by atoms with Crippen molar-refractivity contribution in [2.24, 2.45) is 0 Å². The van der Waals surface area contributed by atoms with Crippen molar-refractivity contribution in [3.63, 3.8) is 0 Å². The van der Waals surface area contributed by atoms with Crippen LogP contribution in [0.3, 0.4) is 0 Å². The summed E-state index contributed by atoms with van der Waals surface area (Å²) in [7, 11) is 0. The van der Waals surface area contributed by atoms with E-state index in [0.29, 0.717) is 18.5 Å². The summed E-state index contributed by atoms with van der Waals surface area (Å²) in [4.78, 5) is 25.5. The number of likely N-dealkylation sites (tertiary alicyclic amines) is 1. The van der Waals surface area contributed by atoms with E-state index in [2.05, 4.69) is 5.10 Å². The minimum absolute atomic E-state index is 0.00225. The van der Waals surface area contributed by atoms with Crippen molar-refractivity contribution < 1.29 is 14.7 Å². The van der Waals surface area contributed by atoms with E-state index in [0.717, 1.165) is 24.9 Å². The summed E-state index contributed by atoms with van der Waals surface area (Å²) in [6.07, 6.45) is 6.79. The van der Waals surface area contributed by atoms with Crippen molar-refractivity contribution in [3.05, 3.63) is 48.3 Å². The Balaban J connectivity index is 1.74. The molecule has 1 fully saturated rings. The highest BCUT2D eigenvalue weighted by Gasteiger charge is 2.28. The number of carbonyl (C=O) groups excluding carboxylic acids is 1. The number of carbonyl (C=O) groups is 2. The van der Waals surface area contributed by atoms with E-state index in [9.17, 15) is 9.59 Å². The van der Waals surface area contributed by atoms with E-state index >= 15 is 0 Å². The van der Waals surface area contributed by atoms with Gasteiger partial charge in [0.05, 0.1) is 17.4 Å². The molecule has 1 saturated heterocycles. The third kappa shape index (κ3) is 3.64. The Labute approximate surface area is 140 Å².